The maximum Gasteiger partial charge on any atom is 0.252 e. The highest BCUT2D eigenvalue weighted by Crippen LogP contribution is 2.26. The minimum atomic E-state index is -0.141. The van der Waals surface area contributed by atoms with E-state index < -0.39 is 0 Å². The van der Waals surface area contributed by atoms with Crippen molar-refractivity contribution in [2.75, 3.05) is 25.0 Å². The van der Waals surface area contributed by atoms with Gasteiger partial charge in [-0.1, -0.05) is 11.6 Å². The largest absolute Gasteiger partial charge is 0.371 e. The number of hydrogen-bond donors (Lipinski definition) is 1. The van der Waals surface area contributed by atoms with Gasteiger partial charge >= 0.3 is 0 Å². The second-order valence-corrected chi connectivity index (χ2v) is 4.34. The highest BCUT2D eigenvalue weighted by atomic mass is 35.5. The molecule has 0 bridgehead atoms. The Morgan fingerprint density at radius 3 is 2.62 bits per heavy atom. The van der Waals surface area contributed by atoms with Crippen LogP contribution in [0.3, 0.4) is 0 Å². The van der Waals surface area contributed by atoms with Crippen molar-refractivity contribution in [2.24, 2.45) is 0 Å². The van der Waals surface area contributed by atoms with Crippen LogP contribution in [-0.4, -0.2) is 26.0 Å². The molecule has 1 aliphatic heterocycles. The zero-order chi connectivity index (χ0) is 11.5. The number of carbonyl (C=O) groups excluding carboxylic acids is 1. The first-order chi connectivity index (χ1) is 7.72. The Morgan fingerprint density at radius 1 is 1.38 bits per heavy atom. The Hall–Kier alpha value is -1.22. The lowest BCUT2D eigenvalue weighted by Crippen LogP contribution is -2.20. The number of carbonyl (C=O) groups is 1. The molecule has 2 rings (SSSR count). The molecule has 1 heterocycles. The van der Waals surface area contributed by atoms with Crippen LogP contribution in [0.25, 0.3) is 0 Å². The molecule has 1 N–H and O–H groups in total. The fraction of sp³-hybridized carbons (Fsp3) is 0.417. The maximum absolute atomic E-state index is 11.5. The number of hydrogen-bond acceptors (Lipinski definition) is 2. The van der Waals surface area contributed by atoms with Gasteiger partial charge in [0.25, 0.3) is 5.91 Å². The summed E-state index contributed by atoms with van der Waals surface area (Å²) in [6, 6.07) is 5.62. The van der Waals surface area contributed by atoms with Crippen LogP contribution < -0.4 is 10.2 Å². The van der Waals surface area contributed by atoms with Gasteiger partial charge in [-0.2, -0.15) is 0 Å². The lowest BCUT2D eigenvalue weighted by molar-refractivity contribution is 0.0963. The summed E-state index contributed by atoms with van der Waals surface area (Å²) in [5, 5.41) is 3.09. The van der Waals surface area contributed by atoms with Gasteiger partial charge in [-0.25, -0.2) is 0 Å². The van der Waals surface area contributed by atoms with Crippen molar-refractivity contribution in [3.05, 3.63) is 28.8 Å². The summed E-state index contributed by atoms with van der Waals surface area (Å²) in [6.45, 7) is 2.16. The monoisotopic (exact) mass is 238 g/mol. The molecule has 16 heavy (non-hydrogen) atoms. The Labute approximate surface area is 100 Å². The Kier molecular flexibility index (Phi) is 3.34. The molecule has 4 heteroatoms. The van der Waals surface area contributed by atoms with E-state index in [9.17, 15) is 4.79 Å². The molecule has 86 valence electrons. The molecule has 1 fully saturated rings. The Bertz CT molecular complexity index is 400. The first kappa shape index (κ1) is 11.3. The molecule has 0 radical (unpaired) electrons. The smallest absolute Gasteiger partial charge is 0.252 e. The molecule has 0 saturated carbocycles. The van der Waals surface area contributed by atoms with E-state index in [1.807, 2.05) is 12.1 Å². The van der Waals surface area contributed by atoms with Gasteiger partial charge in [0.05, 0.1) is 10.6 Å². The van der Waals surface area contributed by atoms with E-state index in [1.54, 1.807) is 13.1 Å². The third-order valence-electron chi connectivity index (χ3n) is 2.90. The van der Waals surface area contributed by atoms with Crippen molar-refractivity contribution >= 4 is 23.2 Å². The van der Waals surface area contributed by atoms with Crippen molar-refractivity contribution < 1.29 is 4.79 Å². The molecule has 1 amide bonds. The van der Waals surface area contributed by atoms with E-state index in [-0.39, 0.29) is 5.91 Å². The molecule has 0 atom stereocenters. The van der Waals surface area contributed by atoms with Crippen LogP contribution in [-0.2, 0) is 0 Å². The van der Waals surface area contributed by atoms with Crippen LogP contribution >= 0.6 is 11.6 Å². The van der Waals surface area contributed by atoms with Crippen LogP contribution in [0.1, 0.15) is 23.2 Å². The van der Waals surface area contributed by atoms with E-state index in [0.29, 0.717) is 10.6 Å². The van der Waals surface area contributed by atoms with Crippen LogP contribution in [0.4, 0.5) is 5.69 Å². The van der Waals surface area contributed by atoms with E-state index in [2.05, 4.69) is 10.2 Å². The van der Waals surface area contributed by atoms with Gasteiger partial charge in [0.1, 0.15) is 0 Å². The second kappa shape index (κ2) is 4.74. The van der Waals surface area contributed by atoms with Gasteiger partial charge < -0.3 is 10.2 Å². The summed E-state index contributed by atoms with van der Waals surface area (Å²) in [5.74, 6) is -0.141. The van der Waals surface area contributed by atoms with E-state index in [1.165, 1.54) is 12.8 Å². The highest BCUT2D eigenvalue weighted by Gasteiger charge is 2.15. The quantitative estimate of drug-likeness (QED) is 0.858. The van der Waals surface area contributed by atoms with Gasteiger partial charge in [-0.3, -0.25) is 4.79 Å². The van der Waals surface area contributed by atoms with Crippen molar-refractivity contribution in [2.45, 2.75) is 12.8 Å². The van der Waals surface area contributed by atoms with Crippen LogP contribution in [0, 0.1) is 0 Å². The first-order valence-corrected chi connectivity index (χ1v) is 5.87. The van der Waals surface area contributed by atoms with E-state index in [4.69, 9.17) is 11.6 Å². The molecule has 3 nitrogen and oxygen atoms in total. The number of anilines is 1. The number of nitrogens with one attached hydrogen (secondary N) is 1. The molecule has 0 aromatic heterocycles. The topological polar surface area (TPSA) is 32.3 Å². The Balaban J connectivity index is 2.25. The Morgan fingerprint density at radius 2 is 2.06 bits per heavy atom. The van der Waals surface area contributed by atoms with Gasteiger partial charge in [0.15, 0.2) is 0 Å². The van der Waals surface area contributed by atoms with Crippen molar-refractivity contribution in [1.29, 1.82) is 0 Å². The minimum absolute atomic E-state index is 0.141. The van der Waals surface area contributed by atoms with E-state index >= 15 is 0 Å². The predicted molar refractivity (Wildman–Crippen MR) is 66.3 cm³/mol. The van der Waals surface area contributed by atoms with Crippen LogP contribution in [0.5, 0.6) is 0 Å². The zero-order valence-corrected chi connectivity index (χ0v) is 10.0. The lowest BCUT2D eigenvalue weighted by Gasteiger charge is -2.18. The fourth-order valence-corrected chi connectivity index (χ4v) is 2.26. The molecule has 0 spiro atoms. The molecule has 1 saturated heterocycles. The van der Waals surface area contributed by atoms with Gasteiger partial charge in [-0.05, 0) is 31.0 Å². The average Bonchev–Trinajstić information content (AvgIpc) is 2.81. The summed E-state index contributed by atoms with van der Waals surface area (Å²) in [6.07, 6.45) is 2.46. The molecular weight excluding hydrogens is 224 g/mol. The number of rotatable bonds is 2. The number of halogens is 1. The summed E-state index contributed by atoms with van der Waals surface area (Å²) < 4.78 is 0. The molecule has 1 aliphatic rings. The molecule has 0 unspecified atom stereocenters. The maximum atomic E-state index is 11.5. The third-order valence-corrected chi connectivity index (χ3v) is 3.21. The SMILES string of the molecule is CNC(=O)c1ccc(N2CCCC2)cc1Cl. The van der Waals surface area contributed by atoms with Crippen molar-refractivity contribution in [3.63, 3.8) is 0 Å². The summed E-state index contributed by atoms with van der Waals surface area (Å²) in [4.78, 5) is 13.7. The molecule has 1 aromatic rings. The normalized spacial score (nSPS) is 15.2. The third kappa shape index (κ3) is 2.14. The zero-order valence-electron chi connectivity index (χ0n) is 9.29. The molecular formula is C12H15ClN2O. The predicted octanol–water partition coefficient (Wildman–Crippen LogP) is 2.30. The van der Waals surface area contributed by atoms with Crippen molar-refractivity contribution in [3.8, 4) is 0 Å². The van der Waals surface area contributed by atoms with Gasteiger partial charge in [0, 0.05) is 25.8 Å². The molecule has 1 aromatic carbocycles. The first-order valence-electron chi connectivity index (χ1n) is 5.49. The summed E-state index contributed by atoms with van der Waals surface area (Å²) in [5.41, 5.74) is 1.64. The van der Waals surface area contributed by atoms with Crippen LogP contribution in [0.15, 0.2) is 18.2 Å². The number of amides is 1. The highest BCUT2D eigenvalue weighted by molar-refractivity contribution is 6.34. The van der Waals surface area contributed by atoms with Crippen molar-refractivity contribution in [1.82, 2.24) is 5.32 Å². The lowest BCUT2D eigenvalue weighted by atomic mass is 10.2. The number of benzene rings is 1. The second-order valence-electron chi connectivity index (χ2n) is 3.94. The molecule has 0 aliphatic carbocycles. The average molecular weight is 239 g/mol. The number of nitrogens with zero attached hydrogens (tertiary/aromatic N) is 1. The van der Waals surface area contributed by atoms with Gasteiger partial charge in [0.2, 0.25) is 0 Å². The summed E-state index contributed by atoms with van der Waals surface area (Å²) >= 11 is 6.09. The van der Waals surface area contributed by atoms with Crippen LogP contribution in [0.2, 0.25) is 5.02 Å². The minimum Gasteiger partial charge on any atom is -0.371 e. The van der Waals surface area contributed by atoms with Gasteiger partial charge in [-0.15, -0.1) is 0 Å². The van der Waals surface area contributed by atoms with E-state index in [0.717, 1.165) is 18.8 Å². The fourth-order valence-electron chi connectivity index (χ4n) is 1.99. The standard InChI is InChI=1S/C12H15ClN2O/c1-14-12(16)10-5-4-9(8-11(10)13)15-6-2-3-7-15/h4-5,8H,2-3,6-7H2,1H3,(H,14,16). The summed E-state index contributed by atoms with van der Waals surface area (Å²) in [7, 11) is 1.60.